The van der Waals surface area contributed by atoms with Crippen LogP contribution in [0.2, 0.25) is 0 Å². The number of likely N-dealkylation sites (N-methyl/N-ethyl adjacent to an activating group) is 1. The molecular formula is C24H23Br2N3O4S. The highest BCUT2D eigenvalue weighted by molar-refractivity contribution is 9.13. The summed E-state index contributed by atoms with van der Waals surface area (Å²) in [5.41, 5.74) is 1.53. The van der Waals surface area contributed by atoms with Crippen molar-refractivity contribution in [3.8, 4) is 5.75 Å². The van der Waals surface area contributed by atoms with E-state index in [0.717, 1.165) is 10.0 Å². The summed E-state index contributed by atoms with van der Waals surface area (Å²) in [4.78, 5) is 34.3. The molecule has 7 nitrogen and oxygen atoms in total. The van der Waals surface area contributed by atoms with Gasteiger partial charge in [0.05, 0.1) is 27.4 Å². The molecule has 1 aliphatic rings. The van der Waals surface area contributed by atoms with Crippen LogP contribution in [0, 0.1) is 0 Å². The lowest BCUT2D eigenvalue weighted by molar-refractivity contribution is -0.127. The van der Waals surface area contributed by atoms with Crippen molar-refractivity contribution < 1.29 is 13.9 Å². The van der Waals surface area contributed by atoms with Gasteiger partial charge in [0.1, 0.15) is 17.6 Å². The molecule has 3 aromatic rings. The average molecular weight is 609 g/mol. The van der Waals surface area contributed by atoms with E-state index in [2.05, 4.69) is 36.9 Å². The van der Waals surface area contributed by atoms with Gasteiger partial charge in [-0.15, -0.1) is 0 Å². The van der Waals surface area contributed by atoms with Gasteiger partial charge in [-0.3, -0.25) is 14.2 Å². The van der Waals surface area contributed by atoms with E-state index in [0.29, 0.717) is 49.9 Å². The summed E-state index contributed by atoms with van der Waals surface area (Å²) in [5.74, 6) is 0.976. The van der Waals surface area contributed by atoms with E-state index in [4.69, 9.17) is 9.15 Å². The highest BCUT2D eigenvalue weighted by atomic mass is 79.9. The zero-order chi connectivity index (χ0) is 24.6. The Hall–Kier alpha value is -2.43. The Kier molecular flexibility index (Phi) is 7.30. The van der Waals surface area contributed by atoms with Gasteiger partial charge in [0.15, 0.2) is 9.47 Å². The first-order chi connectivity index (χ1) is 16.3. The van der Waals surface area contributed by atoms with Crippen LogP contribution in [0.3, 0.4) is 0 Å². The van der Waals surface area contributed by atoms with Crippen LogP contribution in [0.5, 0.6) is 5.75 Å². The number of hydrogen-bond donors (Lipinski definition) is 0. The molecule has 0 saturated carbocycles. The van der Waals surface area contributed by atoms with Gasteiger partial charge in [-0.1, -0.05) is 29.5 Å². The fraction of sp³-hybridized carbons (Fsp3) is 0.292. The minimum atomic E-state index is -0.669. The number of fused-ring (bicyclic) bond motifs is 1. The van der Waals surface area contributed by atoms with Crippen molar-refractivity contribution in [3.63, 3.8) is 0 Å². The molecule has 3 heterocycles. The smallest absolute Gasteiger partial charge is 0.271 e. The number of furan rings is 1. The molecule has 1 atom stereocenters. The third-order valence-corrected chi connectivity index (χ3v) is 8.37. The second-order valence-electron chi connectivity index (χ2n) is 7.57. The predicted molar refractivity (Wildman–Crippen MR) is 139 cm³/mol. The van der Waals surface area contributed by atoms with Crippen LogP contribution >= 0.6 is 43.2 Å². The van der Waals surface area contributed by atoms with Gasteiger partial charge in [-0.25, -0.2) is 4.99 Å². The van der Waals surface area contributed by atoms with E-state index in [1.54, 1.807) is 28.7 Å². The number of para-hydroxylation sites is 1. The van der Waals surface area contributed by atoms with E-state index < -0.39 is 6.04 Å². The molecule has 0 spiro atoms. The van der Waals surface area contributed by atoms with Crippen LogP contribution < -0.4 is 19.6 Å². The van der Waals surface area contributed by atoms with Gasteiger partial charge in [-0.05, 0) is 64.8 Å². The van der Waals surface area contributed by atoms with Crippen molar-refractivity contribution in [2.45, 2.75) is 26.8 Å². The largest absolute Gasteiger partial charge is 0.496 e. The molecule has 2 aromatic heterocycles. The first kappa shape index (κ1) is 24.7. The number of methoxy groups -OCH3 is 1. The van der Waals surface area contributed by atoms with E-state index in [1.807, 2.05) is 45.0 Å². The number of benzene rings is 1. The number of carbonyl (C=O) groups excluding carboxylic acids is 1. The molecule has 0 N–H and O–H groups in total. The molecule has 1 amide bonds. The lowest BCUT2D eigenvalue weighted by Gasteiger charge is -2.29. The van der Waals surface area contributed by atoms with Gasteiger partial charge in [0.2, 0.25) is 0 Å². The van der Waals surface area contributed by atoms with Gasteiger partial charge >= 0.3 is 0 Å². The van der Waals surface area contributed by atoms with Crippen LogP contribution in [0.25, 0.3) is 6.08 Å². The zero-order valence-corrected chi connectivity index (χ0v) is 23.1. The summed E-state index contributed by atoms with van der Waals surface area (Å²) in [6.07, 6.45) is 1.68. The Labute approximate surface area is 217 Å². The molecule has 1 aromatic carbocycles. The van der Waals surface area contributed by atoms with Crippen molar-refractivity contribution in [1.29, 1.82) is 0 Å². The zero-order valence-electron chi connectivity index (χ0n) is 19.1. The fourth-order valence-corrected chi connectivity index (χ4v) is 5.66. The minimum absolute atomic E-state index is 0.143. The fourth-order valence-electron chi connectivity index (χ4n) is 4.03. The highest BCUT2D eigenvalue weighted by Crippen LogP contribution is 2.36. The number of allylic oxidation sites excluding steroid dienone is 1. The second kappa shape index (κ2) is 10.1. The normalized spacial score (nSPS) is 15.8. The maximum Gasteiger partial charge on any atom is 0.271 e. The van der Waals surface area contributed by atoms with Crippen molar-refractivity contribution in [2.24, 2.45) is 4.99 Å². The van der Waals surface area contributed by atoms with Gasteiger partial charge < -0.3 is 14.1 Å². The number of amides is 1. The standard InChI is InChI=1S/C24H23Br2N3O4S/c1-5-28(6-2)23(31)19-13(3)27-24-29(20(19)15-9-7-8-10-17(15)32-4)22(30)18(34-24)12-14-11-16(25)21(26)33-14/h7-12,20H,5-6H2,1-4H3/b18-12+/t20-/m0/s1. The maximum atomic E-state index is 13.7. The lowest BCUT2D eigenvalue weighted by Crippen LogP contribution is -2.43. The van der Waals surface area contributed by atoms with Gasteiger partial charge in [-0.2, -0.15) is 0 Å². The predicted octanol–water partition coefficient (Wildman–Crippen LogP) is 4.23. The summed E-state index contributed by atoms with van der Waals surface area (Å²) in [7, 11) is 1.58. The van der Waals surface area contributed by atoms with E-state index in [1.165, 1.54) is 11.3 Å². The topological polar surface area (TPSA) is 77.0 Å². The van der Waals surface area contributed by atoms with Crippen molar-refractivity contribution >= 4 is 55.2 Å². The third kappa shape index (κ3) is 4.34. The molecule has 178 valence electrons. The number of halogens is 2. The molecule has 0 saturated heterocycles. The Morgan fingerprint density at radius 2 is 2.00 bits per heavy atom. The van der Waals surface area contributed by atoms with E-state index in [-0.39, 0.29) is 11.5 Å². The number of hydrogen-bond acceptors (Lipinski definition) is 6. The average Bonchev–Trinajstić information content (AvgIpc) is 3.30. The molecule has 0 unspecified atom stereocenters. The van der Waals surface area contributed by atoms with E-state index in [9.17, 15) is 9.59 Å². The highest BCUT2D eigenvalue weighted by Gasteiger charge is 2.35. The Bertz CT molecular complexity index is 1440. The summed E-state index contributed by atoms with van der Waals surface area (Å²) in [6.45, 7) is 6.79. The molecule has 10 heteroatoms. The molecule has 1 aliphatic heterocycles. The van der Waals surface area contributed by atoms with Crippen LogP contribution in [-0.2, 0) is 4.79 Å². The third-order valence-electron chi connectivity index (χ3n) is 5.67. The van der Waals surface area contributed by atoms with Crippen molar-refractivity contribution in [3.05, 3.63) is 81.8 Å². The molecule has 0 radical (unpaired) electrons. The van der Waals surface area contributed by atoms with Gasteiger partial charge in [0, 0.05) is 24.7 Å². The van der Waals surface area contributed by atoms with Crippen LogP contribution in [0.1, 0.15) is 38.1 Å². The molecular weight excluding hydrogens is 586 g/mol. The van der Waals surface area contributed by atoms with Crippen LogP contribution in [0.15, 0.2) is 64.9 Å². The van der Waals surface area contributed by atoms with Crippen LogP contribution in [0.4, 0.5) is 0 Å². The first-order valence-electron chi connectivity index (χ1n) is 10.7. The first-order valence-corrected chi connectivity index (χ1v) is 13.1. The number of nitrogens with zero attached hydrogens (tertiary/aromatic N) is 3. The monoisotopic (exact) mass is 607 g/mol. The maximum absolute atomic E-state index is 13.7. The number of aromatic nitrogens is 1. The van der Waals surface area contributed by atoms with Crippen molar-refractivity contribution in [2.75, 3.05) is 20.2 Å². The Morgan fingerprint density at radius 3 is 2.62 bits per heavy atom. The molecule has 34 heavy (non-hydrogen) atoms. The molecule has 0 fully saturated rings. The van der Waals surface area contributed by atoms with Crippen molar-refractivity contribution in [1.82, 2.24) is 9.47 Å². The second-order valence-corrected chi connectivity index (χ2v) is 10.2. The number of ether oxygens (including phenoxy) is 1. The quantitative estimate of drug-likeness (QED) is 0.420. The summed E-state index contributed by atoms with van der Waals surface area (Å²) >= 11 is 7.98. The molecule has 0 bridgehead atoms. The summed E-state index contributed by atoms with van der Waals surface area (Å²) < 4.78 is 14.6. The Balaban J connectivity index is 2.00. The number of thiazole rings is 1. The minimum Gasteiger partial charge on any atom is -0.496 e. The lowest BCUT2D eigenvalue weighted by atomic mass is 9.94. The SMILES string of the molecule is CCN(CC)C(=O)C1=C(C)N=c2s/c(=C/c3cc(Br)c(Br)o3)c(=O)n2[C@H]1c1ccccc1OC. The van der Waals surface area contributed by atoms with Gasteiger partial charge in [0.25, 0.3) is 11.5 Å². The Morgan fingerprint density at radius 1 is 1.29 bits per heavy atom. The number of rotatable bonds is 6. The molecule has 0 aliphatic carbocycles. The summed E-state index contributed by atoms with van der Waals surface area (Å²) in [6, 6.07) is 8.56. The van der Waals surface area contributed by atoms with Crippen LogP contribution in [-0.4, -0.2) is 35.6 Å². The number of carbonyl (C=O) groups is 1. The summed E-state index contributed by atoms with van der Waals surface area (Å²) in [5, 5.41) is 0. The molecule has 4 rings (SSSR count). The van der Waals surface area contributed by atoms with E-state index >= 15 is 0 Å².